The number of hydrazone groups is 1. The van der Waals surface area contributed by atoms with Crippen LogP contribution in [0.15, 0.2) is 23.3 Å². The molecule has 1 aliphatic heterocycles. The lowest BCUT2D eigenvalue weighted by molar-refractivity contribution is -0.0666. The molecule has 19 heavy (non-hydrogen) atoms. The van der Waals surface area contributed by atoms with Crippen LogP contribution in [-0.2, 0) is 0 Å². The molecule has 0 N–H and O–H groups in total. The molecule has 0 spiro atoms. The fraction of sp³-hybridized carbons (Fsp3) is 0.364. The van der Waals surface area contributed by atoms with E-state index >= 15 is 0 Å². The van der Waals surface area contributed by atoms with Crippen LogP contribution in [0.5, 0.6) is 0 Å². The first-order chi connectivity index (χ1) is 8.71. The minimum atomic E-state index is -4.54. The summed E-state index contributed by atoms with van der Waals surface area (Å²) in [6.07, 6.45) is -4.54. The van der Waals surface area contributed by atoms with E-state index in [1.54, 1.807) is 6.92 Å². The van der Waals surface area contributed by atoms with Gasteiger partial charge in [0.1, 0.15) is 5.82 Å². The van der Waals surface area contributed by atoms with Gasteiger partial charge in [-0.2, -0.15) is 13.2 Å². The third kappa shape index (κ3) is 2.55. The van der Waals surface area contributed by atoms with Crippen molar-refractivity contribution in [2.75, 3.05) is 12.1 Å². The molecule has 0 fully saturated rings. The predicted octanol–water partition coefficient (Wildman–Crippen LogP) is 2.21. The molecule has 1 aromatic rings. The van der Waals surface area contributed by atoms with Crippen LogP contribution in [0.25, 0.3) is 0 Å². The Morgan fingerprint density at radius 1 is 1.32 bits per heavy atom. The van der Waals surface area contributed by atoms with Crippen molar-refractivity contribution in [1.82, 2.24) is 4.90 Å². The van der Waals surface area contributed by atoms with Crippen LogP contribution in [0.1, 0.15) is 5.56 Å². The van der Waals surface area contributed by atoms with Crippen molar-refractivity contribution in [3.63, 3.8) is 0 Å². The van der Waals surface area contributed by atoms with Crippen molar-refractivity contribution >= 4 is 27.8 Å². The summed E-state index contributed by atoms with van der Waals surface area (Å²) in [5.41, 5.74) is 0.700. The van der Waals surface area contributed by atoms with Crippen LogP contribution in [-0.4, -0.2) is 45.3 Å². The molecule has 0 amide bonds. The summed E-state index contributed by atoms with van der Waals surface area (Å²) in [6.45, 7) is 1.58. The molecule has 1 heterocycles. The highest BCUT2D eigenvalue weighted by molar-refractivity contribution is 6.16. The average molecular weight is 287 g/mol. The molecule has 0 saturated heterocycles. The maximum absolute atomic E-state index is 13.5. The van der Waals surface area contributed by atoms with Crippen molar-refractivity contribution in [3.8, 4) is 0 Å². The van der Waals surface area contributed by atoms with Gasteiger partial charge < -0.3 is 4.90 Å². The molecular weight excluding hydrogens is 277 g/mol. The van der Waals surface area contributed by atoms with Gasteiger partial charge in [0.2, 0.25) is 5.84 Å². The summed E-state index contributed by atoms with van der Waals surface area (Å²) in [5, 5.41) is 3.94. The zero-order chi connectivity index (χ0) is 14.4. The highest BCUT2D eigenvalue weighted by Crippen LogP contribution is 2.30. The van der Waals surface area contributed by atoms with Crippen LogP contribution >= 0.6 is 0 Å². The van der Waals surface area contributed by atoms with Gasteiger partial charge in [0.05, 0.1) is 5.69 Å². The zero-order valence-corrected chi connectivity index (χ0v) is 11.4. The summed E-state index contributed by atoms with van der Waals surface area (Å²) in [7, 11) is 1.29. The summed E-state index contributed by atoms with van der Waals surface area (Å²) in [4.78, 5) is 0.975. The standard InChI is InChI=1S/C11H10F4N3.Al/c1-7-3-4-8(5-9(7)12)18-6-17(2)10(16-18)11(13,14)15;/h3-6H,1-2H3;. The first kappa shape index (κ1) is 14.2. The number of alkyl halides is 3. The van der Waals surface area contributed by atoms with Crippen LogP contribution in [0.3, 0.4) is 0 Å². The maximum atomic E-state index is 13.5. The van der Waals surface area contributed by atoms with Gasteiger partial charge in [-0.15, -0.1) is 5.10 Å². The molecular formula is C11H10AlF4N3. The highest BCUT2D eigenvalue weighted by Gasteiger charge is 2.45. The van der Waals surface area contributed by atoms with E-state index < -0.39 is 22.9 Å². The highest BCUT2D eigenvalue weighted by atomic mass is 27.0. The SMILES string of the molecule is Cc1ccc(N2N=C(C(F)(F)F)N(C)[CH]2[Al])cc1F. The molecule has 1 unspecified atom stereocenters. The van der Waals surface area contributed by atoms with Crippen LogP contribution in [0.2, 0.25) is 0 Å². The lowest BCUT2D eigenvalue weighted by Crippen LogP contribution is -2.44. The Morgan fingerprint density at radius 3 is 2.42 bits per heavy atom. The molecule has 0 aliphatic carbocycles. The van der Waals surface area contributed by atoms with Gasteiger partial charge in [-0.25, -0.2) is 4.39 Å². The Balaban J connectivity index is 2.40. The van der Waals surface area contributed by atoms with E-state index in [4.69, 9.17) is 0 Å². The van der Waals surface area contributed by atoms with Gasteiger partial charge in [-0.1, -0.05) is 6.07 Å². The molecule has 2 radical (unpaired) electrons. The fourth-order valence-electron chi connectivity index (χ4n) is 1.71. The first-order valence-corrected chi connectivity index (χ1v) is 6.08. The lowest BCUT2D eigenvalue weighted by atomic mass is 10.2. The van der Waals surface area contributed by atoms with Crippen molar-refractivity contribution in [3.05, 3.63) is 29.6 Å². The van der Waals surface area contributed by atoms with Gasteiger partial charge >= 0.3 is 6.18 Å². The third-order valence-electron chi connectivity index (χ3n) is 2.86. The van der Waals surface area contributed by atoms with E-state index in [0.717, 1.165) is 9.91 Å². The van der Waals surface area contributed by atoms with E-state index in [1.807, 2.05) is 0 Å². The molecule has 1 aliphatic rings. The monoisotopic (exact) mass is 287 g/mol. The topological polar surface area (TPSA) is 18.8 Å². The van der Waals surface area contributed by atoms with E-state index in [0.29, 0.717) is 5.56 Å². The molecule has 100 valence electrons. The Hall–Kier alpha value is -1.26. The van der Waals surface area contributed by atoms with Crippen molar-refractivity contribution in [1.29, 1.82) is 0 Å². The maximum Gasteiger partial charge on any atom is 0.451 e. The molecule has 8 heteroatoms. The van der Waals surface area contributed by atoms with Gasteiger partial charge in [-0.05, 0) is 24.6 Å². The Bertz CT molecular complexity index is 529. The van der Waals surface area contributed by atoms with Gasteiger partial charge in [0.15, 0.2) is 16.3 Å². The number of aryl methyl sites for hydroxylation is 1. The number of halogens is 4. The Kier molecular flexibility index (Phi) is 3.50. The molecule has 0 aromatic heterocycles. The molecule has 1 atom stereocenters. The molecule has 0 saturated carbocycles. The first-order valence-electron chi connectivity index (χ1n) is 5.41. The lowest BCUT2D eigenvalue weighted by Gasteiger charge is -2.27. The largest absolute Gasteiger partial charge is 0.451 e. The quantitative estimate of drug-likeness (QED) is 0.582. The minimum absolute atomic E-state index is 0.272. The summed E-state index contributed by atoms with van der Waals surface area (Å²) < 4.78 is 51.7. The van der Waals surface area contributed by atoms with Crippen LogP contribution in [0.4, 0.5) is 23.2 Å². The normalized spacial score (nSPS) is 19.9. The second kappa shape index (κ2) is 4.69. The van der Waals surface area contributed by atoms with Gasteiger partial charge in [0, 0.05) is 12.1 Å². The smallest absolute Gasteiger partial charge is 0.348 e. The van der Waals surface area contributed by atoms with Crippen LogP contribution < -0.4 is 5.01 Å². The van der Waals surface area contributed by atoms with Crippen molar-refractivity contribution in [2.45, 2.75) is 18.1 Å². The number of nitrogens with zero attached hydrogens (tertiary/aromatic N) is 3. The number of anilines is 1. The molecule has 3 nitrogen and oxygen atoms in total. The minimum Gasteiger partial charge on any atom is -0.348 e. The number of hydrogen-bond acceptors (Lipinski definition) is 3. The van der Waals surface area contributed by atoms with E-state index in [1.165, 1.54) is 25.2 Å². The molecule has 0 bridgehead atoms. The predicted molar refractivity (Wildman–Crippen MR) is 64.4 cm³/mol. The van der Waals surface area contributed by atoms with E-state index in [9.17, 15) is 17.6 Å². The number of amidine groups is 1. The summed E-state index contributed by atoms with van der Waals surface area (Å²) in [6, 6.07) is 4.21. The van der Waals surface area contributed by atoms with E-state index in [-0.39, 0.29) is 5.69 Å². The number of benzene rings is 1. The fourth-order valence-corrected chi connectivity index (χ4v) is 2.09. The molecule has 1 aromatic carbocycles. The summed E-state index contributed by atoms with van der Waals surface area (Å²) >= 11 is 2.25. The average Bonchev–Trinajstić information content (AvgIpc) is 2.60. The van der Waals surface area contributed by atoms with Gasteiger partial charge in [-0.3, -0.25) is 5.01 Å². The zero-order valence-electron chi connectivity index (χ0n) is 10.2. The van der Waals surface area contributed by atoms with Crippen LogP contribution in [0, 0.1) is 12.7 Å². The number of rotatable bonds is 1. The third-order valence-corrected chi connectivity index (χ3v) is 3.59. The second-order valence-electron chi connectivity index (χ2n) is 4.22. The Morgan fingerprint density at radius 2 is 1.95 bits per heavy atom. The molecule has 2 rings (SSSR count). The van der Waals surface area contributed by atoms with Crippen molar-refractivity contribution in [2.24, 2.45) is 5.10 Å². The number of hydrogen-bond donors (Lipinski definition) is 0. The van der Waals surface area contributed by atoms with Gasteiger partial charge in [0.25, 0.3) is 0 Å². The summed E-state index contributed by atoms with van der Waals surface area (Å²) in [5.74, 6) is -1.48. The van der Waals surface area contributed by atoms with Crippen molar-refractivity contribution < 1.29 is 17.6 Å². The Labute approximate surface area is 115 Å². The second-order valence-corrected chi connectivity index (χ2v) is 4.82. The van der Waals surface area contributed by atoms with E-state index in [2.05, 4.69) is 21.4 Å².